The second kappa shape index (κ2) is 5.65. The molecule has 2 aliphatic rings. The third-order valence-corrected chi connectivity index (χ3v) is 4.59. The molecule has 2 unspecified atom stereocenters. The van der Waals surface area contributed by atoms with Crippen LogP contribution in [0, 0.1) is 6.92 Å². The molecule has 3 rings (SSSR count). The molecular formula is C15H25N3O. The highest BCUT2D eigenvalue weighted by Gasteiger charge is 2.32. The maximum atomic E-state index is 6.02. The molecule has 2 saturated heterocycles. The van der Waals surface area contributed by atoms with Crippen LogP contribution in [0.25, 0.3) is 0 Å². The van der Waals surface area contributed by atoms with Crippen molar-refractivity contribution in [3.63, 3.8) is 0 Å². The van der Waals surface area contributed by atoms with Crippen LogP contribution in [0.5, 0.6) is 0 Å². The molecule has 0 radical (unpaired) electrons. The fourth-order valence-electron chi connectivity index (χ4n) is 3.60. The van der Waals surface area contributed by atoms with Gasteiger partial charge in [0, 0.05) is 25.7 Å². The zero-order valence-electron chi connectivity index (χ0n) is 11.8. The first-order valence-corrected chi connectivity index (χ1v) is 7.52. The smallest absolute Gasteiger partial charge is 0.122 e. The van der Waals surface area contributed by atoms with Crippen molar-refractivity contribution in [2.75, 3.05) is 32.7 Å². The molecule has 2 aliphatic heterocycles. The van der Waals surface area contributed by atoms with E-state index in [1.165, 1.54) is 32.4 Å². The summed E-state index contributed by atoms with van der Waals surface area (Å²) >= 11 is 0. The Kier molecular flexibility index (Phi) is 3.91. The van der Waals surface area contributed by atoms with Crippen molar-refractivity contribution in [1.82, 2.24) is 9.80 Å². The lowest BCUT2D eigenvalue weighted by Gasteiger charge is -2.30. The van der Waals surface area contributed by atoms with Crippen molar-refractivity contribution >= 4 is 0 Å². The molecule has 1 aromatic heterocycles. The van der Waals surface area contributed by atoms with Crippen LogP contribution in [-0.2, 0) is 0 Å². The van der Waals surface area contributed by atoms with Gasteiger partial charge in [0.15, 0.2) is 0 Å². The molecule has 3 heterocycles. The first-order valence-electron chi connectivity index (χ1n) is 7.52. The van der Waals surface area contributed by atoms with E-state index in [1.807, 2.05) is 13.0 Å². The summed E-state index contributed by atoms with van der Waals surface area (Å²) in [7, 11) is 0. The first-order chi connectivity index (χ1) is 9.28. The lowest BCUT2D eigenvalue weighted by molar-refractivity contribution is 0.159. The Morgan fingerprint density at radius 2 is 2.16 bits per heavy atom. The SMILES string of the molecule is Cc1ccc(C(CN)N2CCCN3CCCC3C2)o1. The summed E-state index contributed by atoms with van der Waals surface area (Å²) < 4.78 is 5.81. The van der Waals surface area contributed by atoms with Gasteiger partial charge in [0.2, 0.25) is 0 Å². The van der Waals surface area contributed by atoms with Gasteiger partial charge in [-0.15, -0.1) is 0 Å². The minimum Gasteiger partial charge on any atom is -0.465 e. The van der Waals surface area contributed by atoms with Crippen LogP contribution in [0.4, 0.5) is 0 Å². The fraction of sp³-hybridized carbons (Fsp3) is 0.733. The van der Waals surface area contributed by atoms with E-state index in [1.54, 1.807) is 0 Å². The molecule has 0 aromatic carbocycles. The highest BCUT2D eigenvalue weighted by molar-refractivity contribution is 5.11. The number of hydrogen-bond acceptors (Lipinski definition) is 4. The molecule has 0 amide bonds. The Bertz CT molecular complexity index is 417. The second-order valence-corrected chi connectivity index (χ2v) is 5.88. The number of rotatable bonds is 3. The van der Waals surface area contributed by atoms with Gasteiger partial charge in [0.1, 0.15) is 11.5 Å². The molecule has 106 valence electrons. The van der Waals surface area contributed by atoms with E-state index in [4.69, 9.17) is 10.2 Å². The first kappa shape index (κ1) is 13.2. The van der Waals surface area contributed by atoms with E-state index >= 15 is 0 Å². The van der Waals surface area contributed by atoms with E-state index < -0.39 is 0 Å². The molecule has 2 atom stereocenters. The third kappa shape index (κ3) is 2.71. The summed E-state index contributed by atoms with van der Waals surface area (Å²) in [5, 5.41) is 0. The van der Waals surface area contributed by atoms with Gasteiger partial charge >= 0.3 is 0 Å². The topological polar surface area (TPSA) is 45.6 Å². The average molecular weight is 263 g/mol. The number of nitrogens with two attached hydrogens (primary N) is 1. The van der Waals surface area contributed by atoms with Gasteiger partial charge in [0.05, 0.1) is 6.04 Å². The summed E-state index contributed by atoms with van der Waals surface area (Å²) in [6.07, 6.45) is 3.93. The standard InChI is InChI=1S/C15H25N3O/c1-12-5-6-15(19-12)14(10-16)18-9-3-8-17-7-2-4-13(17)11-18/h5-6,13-14H,2-4,7-11,16H2,1H3. The number of nitrogens with zero attached hydrogens (tertiary/aromatic N) is 2. The Morgan fingerprint density at radius 1 is 1.32 bits per heavy atom. The summed E-state index contributed by atoms with van der Waals surface area (Å²) in [5.41, 5.74) is 6.02. The fourth-order valence-corrected chi connectivity index (χ4v) is 3.60. The van der Waals surface area contributed by atoms with Crippen LogP contribution in [0.15, 0.2) is 16.5 Å². The van der Waals surface area contributed by atoms with Crippen molar-refractivity contribution in [2.24, 2.45) is 5.73 Å². The maximum Gasteiger partial charge on any atom is 0.122 e. The monoisotopic (exact) mass is 263 g/mol. The molecular weight excluding hydrogens is 238 g/mol. The summed E-state index contributed by atoms with van der Waals surface area (Å²) in [6.45, 7) is 7.44. The molecule has 19 heavy (non-hydrogen) atoms. The quantitative estimate of drug-likeness (QED) is 0.902. The van der Waals surface area contributed by atoms with Crippen molar-refractivity contribution in [2.45, 2.75) is 38.3 Å². The zero-order chi connectivity index (χ0) is 13.2. The van der Waals surface area contributed by atoms with Gasteiger partial charge in [-0.2, -0.15) is 0 Å². The highest BCUT2D eigenvalue weighted by atomic mass is 16.3. The van der Waals surface area contributed by atoms with Gasteiger partial charge in [-0.25, -0.2) is 0 Å². The van der Waals surface area contributed by atoms with E-state index in [9.17, 15) is 0 Å². The maximum absolute atomic E-state index is 6.02. The molecule has 2 fully saturated rings. The minimum absolute atomic E-state index is 0.245. The van der Waals surface area contributed by atoms with Gasteiger partial charge < -0.3 is 10.2 Å². The predicted molar refractivity (Wildman–Crippen MR) is 76.0 cm³/mol. The summed E-state index contributed by atoms with van der Waals surface area (Å²) in [4.78, 5) is 5.19. The molecule has 0 saturated carbocycles. The molecule has 4 heteroatoms. The highest BCUT2D eigenvalue weighted by Crippen LogP contribution is 2.28. The lowest BCUT2D eigenvalue weighted by Crippen LogP contribution is -2.40. The Hall–Kier alpha value is -0.840. The van der Waals surface area contributed by atoms with Gasteiger partial charge in [0.25, 0.3) is 0 Å². The summed E-state index contributed by atoms with van der Waals surface area (Å²) in [5.74, 6) is 2.01. The zero-order valence-corrected chi connectivity index (χ0v) is 11.8. The van der Waals surface area contributed by atoms with Crippen LogP contribution in [-0.4, -0.2) is 48.6 Å². The number of hydrogen-bond donors (Lipinski definition) is 1. The molecule has 4 nitrogen and oxygen atoms in total. The van der Waals surface area contributed by atoms with Crippen LogP contribution in [0.2, 0.25) is 0 Å². The van der Waals surface area contributed by atoms with Crippen LogP contribution in [0.1, 0.15) is 36.8 Å². The molecule has 2 N–H and O–H groups in total. The number of aryl methyl sites for hydroxylation is 1. The molecule has 0 bridgehead atoms. The van der Waals surface area contributed by atoms with Crippen LogP contribution >= 0.6 is 0 Å². The van der Waals surface area contributed by atoms with E-state index in [-0.39, 0.29) is 6.04 Å². The third-order valence-electron chi connectivity index (χ3n) is 4.59. The minimum atomic E-state index is 0.245. The Balaban J connectivity index is 1.75. The van der Waals surface area contributed by atoms with Crippen molar-refractivity contribution in [3.8, 4) is 0 Å². The molecule has 0 aliphatic carbocycles. The number of furan rings is 1. The van der Waals surface area contributed by atoms with E-state index in [0.29, 0.717) is 6.54 Å². The second-order valence-electron chi connectivity index (χ2n) is 5.88. The van der Waals surface area contributed by atoms with Crippen molar-refractivity contribution < 1.29 is 4.42 Å². The van der Waals surface area contributed by atoms with Gasteiger partial charge in [-0.1, -0.05) is 0 Å². The van der Waals surface area contributed by atoms with E-state index in [0.717, 1.165) is 30.7 Å². The van der Waals surface area contributed by atoms with Gasteiger partial charge in [-0.3, -0.25) is 9.80 Å². The lowest BCUT2D eigenvalue weighted by atomic mass is 10.1. The average Bonchev–Trinajstić information content (AvgIpc) is 2.96. The van der Waals surface area contributed by atoms with Crippen LogP contribution in [0.3, 0.4) is 0 Å². The van der Waals surface area contributed by atoms with Crippen molar-refractivity contribution in [1.29, 1.82) is 0 Å². The summed E-state index contributed by atoms with van der Waals surface area (Å²) in [6, 6.07) is 5.10. The normalized spacial score (nSPS) is 27.2. The molecule has 0 spiro atoms. The predicted octanol–water partition coefficient (Wildman–Crippen LogP) is 1.76. The Morgan fingerprint density at radius 3 is 2.89 bits per heavy atom. The van der Waals surface area contributed by atoms with Gasteiger partial charge in [-0.05, 0) is 51.4 Å². The number of fused-ring (bicyclic) bond motifs is 1. The largest absolute Gasteiger partial charge is 0.465 e. The van der Waals surface area contributed by atoms with Crippen LogP contribution < -0.4 is 5.73 Å². The Labute approximate surface area is 115 Å². The van der Waals surface area contributed by atoms with E-state index in [2.05, 4.69) is 15.9 Å². The molecule has 1 aromatic rings. The van der Waals surface area contributed by atoms with Crippen molar-refractivity contribution in [3.05, 3.63) is 23.7 Å².